The number of carbonyl (C=O) groups excluding carboxylic acids is 1. The highest BCUT2D eigenvalue weighted by Gasteiger charge is 2.19. The van der Waals surface area contributed by atoms with E-state index in [1.807, 2.05) is 56.6 Å². The van der Waals surface area contributed by atoms with Gasteiger partial charge in [0.1, 0.15) is 11.5 Å². The van der Waals surface area contributed by atoms with E-state index in [2.05, 4.69) is 15.4 Å². The molecule has 1 atom stereocenters. The Morgan fingerprint density at radius 2 is 1.89 bits per heavy atom. The number of benzene rings is 1. The predicted octanol–water partition coefficient (Wildman–Crippen LogP) is 3.83. The molecular weight excluding hydrogens is 356 g/mol. The van der Waals surface area contributed by atoms with Crippen LogP contribution in [-0.4, -0.2) is 34.9 Å². The summed E-state index contributed by atoms with van der Waals surface area (Å²) in [7, 11) is 3.21. The molecule has 0 aliphatic rings. The number of methoxy groups -OCH3 is 2. The second-order valence-electron chi connectivity index (χ2n) is 7.02. The van der Waals surface area contributed by atoms with Gasteiger partial charge in [-0.2, -0.15) is 5.10 Å². The largest absolute Gasteiger partial charge is 0.497 e. The molecule has 7 nitrogen and oxygen atoms in total. The third-order valence-electron chi connectivity index (χ3n) is 4.74. The molecule has 0 saturated heterocycles. The molecule has 148 valence electrons. The van der Waals surface area contributed by atoms with Crippen LogP contribution in [0.4, 0.5) is 0 Å². The monoisotopic (exact) mass is 382 g/mol. The number of aryl methyl sites for hydroxylation is 1. The molecule has 2 heterocycles. The minimum absolute atomic E-state index is 0.193. The summed E-state index contributed by atoms with van der Waals surface area (Å²) in [6.07, 6.45) is 1.74. The highest BCUT2D eigenvalue weighted by Crippen LogP contribution is 2.29. The fourth-order valence-electron chi connectivity index (χ4n) is 3.20. The number of fused-ring (bicyclic) bond motifs is 1. The molecule has 0 saturated carbocycles. The molecule has 0 radical (unpaired) electrons. The number of hydrogen-bond donors (Lipinski definition) is 1. The Morgan fingerprint density at radius 3 is 2.54 bits per heavy atom. The van der Waals surface area contributed by atoms with Gasteiger partial charge in [-0.15, -0.1) is 0 Å². The normalized spacial score (nSPS) is 12.2. The molecule has 1 unspecified atom stereocenters. The SMILES string of the molecule is COc1ccc(OC)c(C(C)NC(=O)c2cc3cnn(C(C)C)c3nc2C)c1. The van der Waals surface area contributed by atoms with Crippen LogP contribution in [0.3, 0.4) is 0 Å². The van der Waals surface area contributed by atoms with E-state index in [1.165, 1.54) is 0 Å². The lowest BCUT2D eigenvalue weighted by Crippen LogP contribution is -2.28. The number of hydrogen-bond acceptors (Lipinski definition) is 5. The number of aromatic nitrogens is 3. The first-order valence-corrected chi connectivity index (χ1v) is 9.23. The van der Waals surface area contributed by atoms with Gasteiger partial charge in [0.25, 0.3) is 5.91 Å². The fraction of sp³-hybridized carbons (Fsp3) is 0.381. The Balaban J connectivity index is 1.90. The maximum Gasteiger partial charge on any atom is 0.253 e. The van der Waals surface area contributed by atoms with Gasteiger partial charge in [-0.3, -0.25) is 4.79 Å². The van der Waals surface area contributed by atoms with Crippen LogP contribution in [0.2, 0.25) is 0 Å². The Bertz CT molecular complexity index is 1010. The molecule has 1 aromatic carbocycles. The van der Waals surface area contributed by atoms with E-state index in [9.17, 15) is 4.79 Å². The lowest BCUT2D eigenvalue weighted by atomic mass is 10.1. The number of nitrogens with zero attached hydrogens (tertiary/aromatic N) is 3. The van der Waals surface area contributed by atoms with Crippen LogP contribution in [-0.2, 0) is 0 Å². The van der Waals surface area contributed by atoms with Crippen molar-refractivity contribution >= 4 is 16.9 Å². The molecule has 0 spiro atoms. The Morgan fingerprint density at radius 1 is 1.14 bits per heavy atom. The molecule has 3 rings (SSSR count). The summed E-state index contributed by atoms with van der Waals surface area (Å²) in [5, 5.41) is 8.25. The Kier molecular flexibility index (Phi) is 5.53. The van der Waals surface area contributed by atoms with Gasteiger partial charge in [0.05, 0.1) is 37.7 Å². The summed E-state index contributed by atoms with van der Waals surface area (Å²) in [5.74, 6) is 1.20. The molecule has 0 fully saturated rings. The average molecular weight is 382 g/mol. The number of ether oxygens (including phenoxy) is 2. The van der Waals surface area contributed by atoms with Gasteiger partial charge in [0.15, 0.2) is 5.65 Å². The maximum atomic E-state index is 12.9. The number of carbonyl (C=O) groups is 1. The van der Waals surface area contributed by atoms with Crippen molar-refractivity contribution in [2.24, 2.45) is 0 Å². The quantitative estimate of drug-likeness (QED) is 0.701. The van der Waals surface area contributed by atoms with Gasteiger partial charge in [-0.05, 0) is 52.0 Å². The molecule has 7 heteroatoms. The van der Waals surface area contributed by atoms with E-state index in [0.29, 0.717) is 22.8 Å². The zero-order chi connectivity index (χ0) is 20.4. The maximum absolute atomic E-state index is 12.9. The van der Waals surface area contributed by atoms with Gasteiger partial charge in [-0.25, -0.2) is 9.67 Å². The standard InChI is InChI=1S/C21H26N4O3/c1-12(2)25-20-15(11-22-25)9-18(14(4)23-20)21(26)24-13(3)17-10-16(27-5)7-8-19(17)28-6/h7-13H,1-6H3,(H,24,26). The number of pyridine rings is 1. The molecule has 0 aliphatic carbocycles. The van der Waals surface area contributed by atoms with Crippen LogP contribution in [0, 0.1) is 6.92 Å². The topological polar surface area (TPSA) is 78.3 Å². The van der Waals surface area contributed by atoms with Crippen molar-refractivity contribution in [3.05, 3.63) is 47.3 Å². The van der Waals surface area contributed by atoms with Crippen LogP contribution < -0.4 is 14.8 Å². The molecule has 1 amide bonds. The molecule has 0 aliphatic heterocycles. The van der Waals surface area contributed by atoms with Crippen LogP contribution in [0.25, 0.3) is 11.0 Å². The summed E-state index contributed by atoms with van der Waals surface area (Å²) >= 11 is 0. The first kappa shape index (κ1) is 19.7. The minimum atomic E-state index is -0.272. The van der Waals surface area contributed by atoms with Crippen molar-refractivity contribution in [1.82, 2.24) is 20.1 Å². The van der Waals surface area contributed by atoms with Gasteiger partial charge in [-0.1, -0.05) is 0 Å². The zero-order valence-electron chi connectivity index (χ0n) is 17.1. The third kappa shape index (κ3) is 3.65. The van der Waals surface area contributed by atoms with Crippen LogP contribution in [0.5, 0.6) is 11.5 Å². The summed E-state index contributed by atoms with van der Waals surface area (Å²) in [5.41, 5.74) is 2.82. The second kappa shape index (κ2) is 7.88. The van der Waals surface area contributed by atoms with Crippen LogP contribution in [0.1, 0.15) is 54.5 Å². The van der Waals surface area contributed by atoms with E-state index >= 15 is 0 Å². The van der Waals surface area contributed by atoms with E-state index < -0.39 is 0 Å². The van der Waals surface area contributed by atoms with Crippen LogP contribution >= 0.6 is 0 Å². The second-order valence-corrected chi connectivity index (χ2v) is 7.02. The summed E-state index contributed by atoms with van der Waals surface area (Å²) in [4.78, 5) is 17.6. The van der Waals surface area contributed by atoms with Crippen molar-refractivity contribution < 1.29 is 14.3 Å². The molecular formula is C21H26N4O3. The minimum Gasteiger partial charge on any atom is -0.497 e. The average Bonchev–Trinajstić information content (AvgIpc) is 3.09. The van der Waals surface area contributed by atoms with Gasteiger partial charge in [0.2, 0.25) is 0 Å². The first-order chi connectivity index (χ1) is 13.3. The molecule has 28 heavy (non-hydrogen) atoms. The third-order valence-corrected chi connectivity index (χ3v) is 4.74. The molecule has 1 N–H and O–H groups in total. The molecule has 2 aromatic heterocycles. The first-order valence-electron chi connectivity index (χ1n) is 9.23. The molecule has 0 bridgehead atoms. The number of nitrogens with one attached hydrogen (secondary N) is 1. The summed E-state index contributed by atoms with van der Waals surface area (Å²) in [6, 6.07) is 7.29. The van der Waals surface area contributed by atoms with E-state index in [-0.39, 0.29) is 18.0 Å². The molecule has 3 aromatic rings. The lowest BCUT2D eigenvalue weighted by molar-refractivity contribution is 0.0938. The number of amides is 1. The van der Waals surface area contributed by atoms with E-state index in [1.54, 1.807) is 20.4 Å². The van der Waals surface area contributed by atoms with Crippen molar-refractivity contribution in [2.45, 2.75) is 39.8 Å². The highest BCUT2D eigenvalue weighted by atomic mass is 16.5. The summed E-state index contributed by atoms with van der Waals surface area (Å²) in [6.45, 7) is 7.84. The summed E-state index contributed by atoms with van der Waals surface area (Å²) < 4.78 is 12.6. The van der Waals surface area contributed by atoms with Crippen LogP contribution in [0.15, 0.2) is 30.5 Å². The van der Waals surface area contributed by atoms with Gasteiger partial charge >= 0.3 is 0 Å². The van der Waals surface area contributed by atoms with Crippen molar-refractivity contribution in [1.29, 1.82) is 0 Å². The number of rotatable bonds is 6. The predicted molar refractivity (Wildman–Crippen MR) is 108 cm³/mol. The van der Waals surface area contributed by atoms with Gasteiger partial charge in [0, 0.05) is 17.0 Å². The lowest BCUT2D eigenvalue weighted by Gasteiger charge is -2.19. The van der Waals surface area contributed by atoms with Crippen molar-refractivity contribution in [3.63, 3.8) is 0 Å². The van der Waals surface area contributed by atoms with Crippen molar-refractivity contribution in [2.75, 3.05) is 14.2 Å². The zero-order valence-corrected chi connectivity index (χ0v) is 17.1. The van der Waals surface area contributed by atoms with E-state index in [0.717, 1.165) is 16.6 Å². The van der Waals surface area contributed by atoms with E-state index in [4.69, 9.17) is 9.47 Å². The Labute approximate surface area is 164 Å². The van der Waals surface area contributed by atoms with Crippen molar-refractivity contribution in [3.8, 4) is 11.5 Å². The highest BCUT2D eigenvalue weighted by molar-refractivity contribution is 5.98. The Hall–Kier alpha value is -3.09. The fourth-order valence-corrected chi connectivity index (χ4v) is 3.20. The van der Waals surface area contributed by atoms with Gasteiger partial charge < -0.3 is 14.8 Å². The smallest absolute Gasteiger partial charge is 0.253 e.